The number of hydrogen-bond donors (Lipinski definition) is 3. The minimum Gasteiger partial charge on any atom is -0.392 e. The van der Waals surface area contributed by atoms with Crippen molar-refractivity contribution in [3.05, 3.63) is 40.8 Å². The predicted octanol–water partition coefficient (Wildman–Crippen LogP) is 0.433. The molecule has 1 aliphatic carbocycles. The van der Waals surface area contributed by atoms with Gasteiger partial charge in [-0.3, -0.25) is 9.59 Å². The first-order valence-electron chi connectivity index (χ1n) is 10.4. The van der Waals surface area contributed by atoms with E-state index in [0.717, 1.165) is 5.69 Å². The van der Waals surface area contributed by atoms with Gasteiger partial charge in [0.1, 0.15) is 5.60 Å². The van der Waals surface area contributed by atoms with Crippen molar-refractivity contribution in [2.75, 3.05) is 13.6 Å². The average molecular weight is 440 g/mol. The number of amides is 2. The number of hydrogen-bond acceptors (Lipinski definition) is 6. The van der Waals surface area contributed by atoms with E-state index in [0.29, 0.717) is 42.7 Å². The van der Waals surface area contributed by atoms with E-state index in [1.165, 1.54) is 4.90 Å². The summed E-state index contributed by atoms with van der Waals surface area (Å²) in [6.07, 6.45) is 2.76. The van der Waals surface area contributed by atoms with Gasteiger partial charge in [0.25, 0.3) is 5.91 Å². The maximum Gasteiger partial charge on any atom is 0.269 e. The number of pyridine rings is 1. The molecular weight excluding hydrogens is 410 g/mol. The third-order valence-corrected chi connectivity index (χ3v) is 5.82. The molecule has 32 heavy (non-hydrogen) atoms. The molecule has 9 nitrogen and oxygen atoms in total. The number of carbonyl (C=O) groups is 2. The van der Waals surface area contributed by atoms with Crippen LogP contribution in [0.25, 0.3) is 5.82 Å². The molecule has 170 valence electrons. The van der Waals surface area contributed by atoms with Crippen LogP contribution < -0.4 is 5.73 Å². The van der Waals surface area contributed by atoms with E-state index >= 15 is 0 Å². The Morgan fingerprint density at radius 2 is 2.22 bits per heavy atom. The van der Waals surface area contributed by atoms with Crippen molar-refractivity contribution in [3.8, 4) is 17.7 Å². The number of primary amides is 1. The van der Waals surface area contributed by atoms with Crippen molar-refractivity contribution in [2.24, 2.45) is 11.1 Å². The molecule has 0 aliphatic heterocycles. The van der Waals surface area contributed by atoms with Crippen molar-refractivity contribution in [3.63, 3.8) is 0 Å². The lowest BCUT2D eigenvalue weighted by Gasteiger charge is -2.35. The maximum absolute atomic E-state index is 12.0. The van der Waals surface area contributed by atoms with Gasteiger partial charge in [-0.1, -0.05) is 25.7 Å². The summed E-state index contributed by atoms with van der Waals surface area (Å²) in [6.45, 7) is 5.89. The Morgan fingerprint density at radius 3 is 2.88 bits per heavy atom. The highest BCUT2D eigenvalue weighted by Gasteiger charge is 2.39. The highest BCUT2D eigenvalue weighted by molar-refractivity contribution is 5.92. The Hall–Kier alpha value is -3.22. The van der Waals surface area contributed by atoms with Gasteiger partial charge in [0.05, 0.1) is 11.8 Å². The summed E-state index contributed by atoms with van der Waals surface area (Å²) in [5.74, 6) is 5.60. The Kier molecular flexibility index (Phi) is 6.39. The van der Waals surface area contributed by atoms with Crippen LogP contribution in [0.1, 0.15) is 54.5 Å². The van der Waals surface area contributed by atoms with Crippen LogP contribution in [0.15, 0.2) is 18.3 Å². The number of aliphatic hydroxyl groups excluding tert-OH is 1. The summed E-state index contributed by atoms with van der Waals surface area (Å²) < 4.78 is 1.59. The van der Waals surface area contributed by atoms with Gasteiger partial charge in [-0.05, 0) is 30.9 Å². The van der Waals surface area contributed by atoms with E-state index in [4.69, 9.17) is 5.73 Å². The summed E-state index contributed by atoms with van der Waals surface area (Å²) in [6, 6.07) is 3.43. The van der Waals surface area contributed by atoms with E-state index in [2.05, 4.69) is 21.9 Å². The first-order chi connectivity index (χ1) is 14.9. The maximum atomic E-state index is 12.0. The molecule has 0 saturated heterocycles. The molecule has 3 rings (SSSR count). The number of nitrogens with two attached hydrogens (primary N) is 1. The van der Waals surface area contributed by atoms with Crippen molar-refractivity contribution in [2.45, 2.75) is 51.7 Å². The predicted molar refractivity (Wildman–Crippen MR) is 118 cm³/mol. The van der Waals surface area contributed by atoms with Gasteiger partial charge in [-0.2, -0.15) is 5.10 Å². The second kappa shape index (κ2) is 8.73. The molecule has 2 atom stereocenters. The zero-order valence-electron chi connectivity index (χ0n) is 18.8. The van der Waals surface area contributed by atoms with Crippen LogP contribution in [0.2, 0.25) is 0 Å². The van der Waals surface area contributed by atoms with Crippen LogP contribution in [0.3, 0.4) is 0 Å². The number of aromatic nitrogens is 3. The summed E-state index contributed by atoms with van der Waals surface area (Å²) in [4.78, 5) is 28.5. The van der Waals surface area contributed by atoms with Gasteiger partial charge in [0, 0.05) is 43.8 Å². The van der Waals surface area contributed by atoms with Gasteiger partial charge in [0.2, 0.25) is 6.41 Å². The number of fused-ring (bicyclic) bond motifs is 1. The molecule has 2 heterocycles. The van der Waals surface area contributed by atoms with Crippen LogP contribution in [-0.2, 0) is 17.6 Å². The van der Waals surface area contributed by atoms with E-state index in [1.54, 1.807) is 37.0 Å². The molecule has 2 aromatic rings. The highest BCUT2D eigenvalue weighted by atomic mass is 16.3. The summed E-state index contributed by atoms with van der Waals surface area (Å²) in [7, 11) is 1.64. The molecule has 1 aliphatic rings. The minimum absolute atomic E-state index is 0.134. The van der Waals surface area contributed by atoms with Crippen molar-refractivity contribution in [1.82, 2.24) is 19.7 Å². The lowest BCUT2D eigenvalue weighted by atomic mass is 9.74. The molecule has 9 heteroatoms. The Morgan fingerprint density at radius 1 is 1.50 bits per heavy atom. The molecule has 0 radical (unpaired) electrons. The average Bonchev–Trinajstić information content (AvgIpc) is 3.09. The standard InChI is InChI=1S/C23H29N5O4/c1-22(2)13-17-16(12-18(22)30)20(21(24)31)26-28(17)19-11-15(6-9-25-19)5-7-23(3,32)8-10-27(4)14-29/h6,9,11,14,18,30,32H,8,10,12-13H2,1-4H3,(H2,24,31). The van der Waals surface area contributed by atoms with Crippen molar-refractivity contribution < 1.29 is 19.8 Å². The Bertz CT molecular complexity index is 1090. The minimum atomic E-state index is -1.27. The molecule has 4 N–H and O–H groups in total. The zero-order valence-corrected chi connectivity index (χ0v) is 18.8. The van der Waals surface area contributed by atoms with Crippen LogP contribution >= 0.6 is 0 Å². The molecule has 0 spiro atoms. The van der Waals surface area contributed by atoms with Crippen LogP contribution in [-0.4, -0.2) is 67.5 Å². The van der Waals surface area contributed by atoms with E-state index in [9.17, 15) is 19.8 Å². The summed E-state index contributed by atoms with van der Waals surface area (Å²) in [5, 5.41) is 25.4. The van der Waals surface area contributed by atoms with Gasteiger partial charge in [-0.15, -0.1) is 0 Å². The molecule has 0 saturated carbocycles. The van der Waals surface area contributed by atoms with E-state index in [1.807, 2.05) is 13.8 Å². The number of carbonyl (C=O) groups excluding carboxylic acids is 2. The fourth-order valence-corrected chi connectivity index (χ4v) is 3.62. The fraction of sp³-hybridized carbons (Fsp3) is 0.478. The summed E-state index contributed by atoms with van der Waals surface area (Å²) >= 11 is 0. The lowest BCUT2D eigenvalue weighted by molar-refractivity contribution is -0.117. The number of aliphatic hydroxyl groups is 2. The SMILES string of the molecule is CN(C=O)CCC(C)(O)C#Cc1ccnc(-n2nc(C(N)=O)c3c2CC(C)(C)C(O)C3)c1. The number of nitrogens with zero attached hydrogens (tertiary/aromatic N) is 4. The second-order valence-electron chi connectivity index (χ2n) is 9.20. The van der Waals surface area contributed by atoms with Crippen molar-refractivity contribution in [1.29, 1.82) is 0 Å². The monoisotopic (exact) mass is 439 g/mol. The smallest absolute Gasteiger partial charge is 0.269 e. The quantitative estimate of drug-likeness (QED) is 0.441. The highest BCUT2D eigenvalue weighted by Crippen LogP contribution is 2.37. The molecule has 0 aromatic carbocycles. The molecule has 2 aromatic heterocycles. The van der Waals surface area contributed by atoms with Gasteiger partial charge in [-0.25, -0.2) is 9.67 Å². The first-order valence-corrected chi connectivity index (χ1v) is 10.4. The van der Waals surface area contributed by atoms with E-state index < -0.39 is 23.0 Å². The molecule has 2 amide bonds. The molecule has 2 unspecified atom stereocenters. The normalized spacial score (nSPS) is 18.6. The topological polar surface area (TPSA) is 135 Å². The third-order valence-electron chi connectivity index (χ3n) is 5.82. The third kappa shape index (κ3) is 4.98. The van der Waals surface area contributed by atoms with Gasteiger partial charge in [0.15, 0.2) is 11.5 Å². The van der Waals surface area contributed by atoms with Gasteiger partial charge >= 0.3 is 0 Å². The van der Waals surface area contributed by atoms with Crippen LogP contribution in [0.4, 0.5) is 0 Å². The van der Waals surface area contributed by atoms with Crippen LogP contribution in [0, 0.1) is 17.3 Å². The van der Waals surface area contributed by atoms with Crippen molar-refractivity contribution >= 4 is 12.3 Å². The molecular formula is C23H29N5O4. The lowest BCUT2D eigenvalue weighted by Crippen LogP contribution is -2.38. The zero-order chi connectivity index (χ0) is 23.7. The second-order valence-corrected chi connectivity index (χ2v) is 9.20. The first kappa shape index (κ1) is 23.4. The largest absolute Gasteiger partial charge is 0.392 e. The van der Waals surface area contributed by atoms with Crippen LogP contribution in [0.5, 0.6) is 0 Å². The Labute approximate surface area is 187 Å². The van der Waals surface area contributed by atoms with Gasteiger partial charge < -0.3 is 20.8 Å². The van der Waals surface area contributed by atoms with E-state index in [-0.39, 0.29) is 12.1 Å². The fourth-order valence-electron chi connectivity index (χ4n) is 3.62. The summed E-state index contributed by atoms with van der Waals surface area (Å²) in [5.41, 5.74) is 6.04. The Balaban J connectivity index is 1.95. The molecule has 0 bridgehead atoms. The number of rotatable bonds is 6. The molecule has 0 fully saturated rings.